The fourth-order valence-corrected chi connectivity index (χ4v) is 1.44. The van der Waals surface area contributed by atoms with Crippen molar-refractivity contribution in [1.29, 1.82) is 10.5 Å². The number of aryl methyl sites for hydroxylation is 1. The minimum atomic E-state index is -0.401. The molecule has 2 N–H and O–H groups in total. The summed E-state index contributed by atoms with van der Waals surface area (Å²) in [4.78, 5) is 8.31. The van der Waals surface area contributed by atoms with Crippen LogP contribution in [0, 0.1) is 36.4 Å². The quantitative estimate of drug-likeness (QED) is 0.516. The maximum atomic E-state index is 13.6. The zero-order valence-corrected chi connectivity index (χ0v) is 11.3. The summed E-state index contributed by atoms with van der Waals surface area (Å²) in [6.07, 6.45) is 2.90. The van der Waals surface area contributed by atoms with Gasteiger partial charge in [0, 0.05) is 36.2 Å². The fourth-order valence-electron chi connectivity index (χ4n) is 1.44. The summed E-state index contributed by atoms with van der Waals surface area (Å²) in [6, 6.07) is 6.47. The van der Waals surface area contributed by atoms with Crippen LogP contribution in [0.15, 0.2) is 35.6 Å². The molecule has 0 atom stereocenters. The molecule has 0 fully saturated rings. The van der Waals surface area contributed by atoms with Gasteiger partial charge in [-0.2, -0.15) is 5.10 Å². The monoisotopic (exact) mass is 284 g/mol. The van der Waals surface area contributed by atoms with Gasteiger partial charge in [0.1, 0.15) is 5.82 Å². The Balaban J connectivity index is 0.000000921. The van der Waals surface area contributed by atoms with Crippen molar-refractivity contribution in [3.8, 4) is 24.5 Å². The van der Waals surface area contributed by atoms with E-state index in [1.807, 2.05) is 6.92 Å². The summed E-state index contributed by atoms with van der Waals surface area (Å²) in [7, 11) is 0. The van der Waals surface area contributed by atoms with Crippen molar-refractivity contribution in [3.63, 3.8) is 0 Å². The SMILES string of the molecule is C#N.C#N.Cc1ccnc(-c2ccc(C=NN)c(F)c2)n1. The van der Waals surface area contributed by atoms with E-state index in [-0.39, 0.29) is 0 Å². The van der Waals surface area contributed by atoms with Crippen molar-refractivity contribution in [1.82, 2.24) is 9.97 Å². The van der Waals surface area contributed by atoms with E-state index in [0.717, 1.165) is 5.69 Å². The summed E-state index contributed by atoms with van der Waals surface area (Å²) in [5.74, 6) is 5.08. The number of halogens is 1. The Kier molecular flexibility index (Phi) is 8.07. The molecule has 0 aliphatic rings. The van der Waals surface area contributed by atoms with Gasteiger partial charge in [0.2, 0.25) is 0 Å². The summed E-state index contributed by atoms with van der Waals surface area (Å²) < 4.78 is 13.6. The average molecular weight is 284 g/mol. The molecule has 1 aromatic carbocycles. The third-order valence-corrected chi connectivity index (χ3v) is 2.27. The predicted octanol–water partition coefficient (Wildman–Crippen LogP) is 2.16. The molecule has 2 aromatic rings. The van der Waals surface area contributed by atoms with E-state index < -0.39 is 5.82 Å². The molecule has 0 aliphatic heterocycles. The Hall–Kier alpha value is -3.32. The molecule has 1 heterocycles. The van der Waals surface area contributed by atoms with Crippen molar-refractivity contribution in [2.75, 3.05) is 0 Å². The highest BCUT2D eigenvalue weighted by Crippen LogP contribution is 2.17. The van der Waals surface area contributed by atoms with Gasteiger partial charge < -0.3 is 5.84 Å². The van der Waals surface area contributed by atoms with Gasteiger partial charge in [-0.25, -0.2) is 24.9 Å². The molecule has 0 aliphatic carbocycles. The Morgan fingerprint density at radius 3 is 2.43 bits per heavy atom. The minimum absolute atomic E-state index is 0.337. The van der Waals surface area contributed by atoms with Crippen LogP contribution in [0.2, 0.25) is 0 Å². The van der Waals surface area contributed by atoms with Gasteiger partial charge in [0.15, 0.2) is 5.82 Å². The third kappa shape index (κ3) is 5.05. The minimum Gasteiger partial charge on any atom is -0.323 e. The molecule has 21 heavy (non-hydrogen) atoms. The summed E-state index contributed by atoms with van der Waals surface area (Å²) >= 11 is 0. The maximum Gasteiger partial charge on any atom is 0.159 e. The van der Waals surface area contributed by atoms with Gasteiger partial charge in [-0.05, 0) is 25.1 Å². The number of benzene rings is 1. The van der Waals surface area contributed by atoms with E-state index in [2.05, 4.69) is 28.2 Å². The molecule has 0 saturated carbocycles. The molecule has 1 aromatic heterocycles. The third-order valence-electron chi connectivity index (χ3n) is 2.27. The van der Waals surface area contributed by atoms with Crippen LogP contribution >= 0.6 is 0 Å². The first-order chi connectivity index (χ1) is 10.2. The van der Waals surface area contributed by atoms with E-state index in [4.69, 9.17) is 16.4 Å². The van der Waals surface area contributed by atoms with Gasteiger partial charge in [0.25, 0.3) is 0 Å². The van der Waals surface area contributed by atoms with E-state index >= 15 is 0 Å². The molecule has 7 heteroatoms. The molecule has 0 bridgehead atoms. The summed E-state index contributed by atoms with van der Waals surface area (Å²) in [5.41, 5.74) is 1.80. The molecule has 0 unspecified atom stereocenters. The first kappa shape index (κ1) is 17.7. The number of nitrogens with two attached hydrogens (primary N) is 1. The van der Waals surface area contributed by atoms with Crippen molar-refractivity contribution in [3.05, 3.63) is 47.5 Å². The highest BCUT2D eigenvalue weighted by molar-refractivity contribution is 5.80. The van der Waals surface area contributed by atoms with Gasteiger partial charge >= 0.3 is 0 Å². The number of hydrogen-bond donors (Lipinski definition) is 1. The van der Waals surface area contributed by atoms with Crippen LogP contribution in [0.3, 0.4) is 0 Å². The van der Waals surface area contributed by atoms with Crippen molar-refractivity contribution >= 4 is 6.21 Å². The lowest BCUT2D eigenvalue weighted by atomic mass is 10.1. The largest absolute Gasteiger partial charge is 0.323 e. The highest BCUT2D eigenvalue weighted by atomic mass is 19.1. The van der Waals surface area contributed by atoms with Crippen molar-refractivity contribution < 1.29 is 4.39 Å². The number of rotatable bonds is 2. The first-order valence-electron chi connectivity index (χ1n) is 5.55. The lowest BCUT2D eigenvalue weighted by Gasteiger charge is -2.02. The van der Waals surface area contributed by atoms with E-state index in [9.17, 15) is 4.39 Å². The molecule has 0 saturated heterocycles. The van der Waals surface area contributed by atoms with Crippen LogP contribution in [0.5, 0.6) is 0 Å². The van der Waals surface area contributed by atoms with Crippen LogP contribution in [-0.2, 0) is 0 Å². The smallest absolute Gasteiger partial charge is 0.159 e. The Morgan fingerprint density at radius 1 is 1.24 bits per heavy atom. The molecule has 0 amide bonds. The predicted molar refractivity (Wildman–Crippen MR) is 77.3 cm³/mol. The summed E-state index contributed by atoms with van der Waals surface area (Å²) in [6.45, 7) is 8.86. The first-order valence-corrected chi connectivity index (χ1v) is 5.55. The molecular weight excluding hydrogens is 271 g/mol. The highest BCUT2D eigenvalue weighted by Gasteiger charge is 2.05. The molecule has 6 nitrogen and oxygen atoms in total. The van der Waals surface area contributed by atoms with Crippen LogP contribution in [-0.4, -0.2) is 16.2 Å². The second-order valence-electron chi connectivity index (χ2n) is 3.54. The van der Waals surface area contributed by atoms with E-state index in [0.29, 0.717) is 17.0 Å². The average Bonchev–Trinajstić information content (AvgIpc) is 2.53. The van der Waals surface area contributed by atoms with Crippen LogP contribution in [0.4, 0.5) is 4.39 Å². The van der Waals surface area contributed by atoms with Gasteiger partial charge in [-0.3, -0.25) is 0 Å². The van der Waals surface area contributed by atoms with E-state index in [1.54, 1.807) is 24.4 Å². The molecule has 0 radical (unpaired) electrons. The lowest BCUT2D eigenvalue weighted by Crippen LogP contribution is -1.95. The van der Waals surface area contributed by atoms with Crippen molar-refractivity contribution in [2.45, 2.75) is 6.92 Å². The maximum absolute atomic E-state index is 13.6. The fraction of sp³-hybridized carbons (Fsp3) is 0.0714. The molecule has 106 valence electrons. The molecule has 0 spiro atoms. The normalized spacial score (nSPS) is 9.05. The standard InChI is InChI=1S/C12H11FN4.2CHN/c1-8-4-5-15-12(17-8)9-2-3-10(7-16-14)11(13)6-9;2*1-2/h2-7H,14H2,1H3;2*1H. The number of nitrogens with zero attached hydrogens (tertiary/aromatic N) is 5. The van der Waals surface area contributed by atoms with Crippen LogP contribution in [0.1, 0.15) is 11.3 Å². The Morgan fingerprint density at radius 2 is 1.90 bits per heavy atom. The Labute approximate surface area is 122 Å². The number of aromatic nitrogens is 2. The van der Waals surface area contributed by atoms with Crippen LogP contribution in [0.25, 0.3) is 11.4 Å². The zero-order chi connectivity index (χ0) is 16.3. The summed E-state index contributed by atoms with van der Waals surface area (Å²) in [5, 5.41) is 16.3. The second kappa shape index (κ2) is 9.59. The molecule has 2 rings (SSSR count). The topological polar surface area (TPSA) is 112 Å². The Bertz CT molecular complexity index is 642. The lowest BCUT2D eigenvalue weighted by molar-refractivity contribution is 0.626. The van der Waals surface area contributed by atoms with Crippen molar-refractivity contribution in [2.24, 2.45) is 10.9 Å². The molecular formula is C14H13FN6. The number of nitriles is 2. The van der Waals surface area contributed by atoms with Crippen LogP contribution < -0.4 is 5.84 Å². The van der Waals surface area contributed by atoms with Gasteiger partial charge in [-0.15, -0.1) is 0 Å². The van der Waals surface area contributed by atoms with Gasteiger partial charge in [-0.1, -0.05) is 6.07 Å². The zero-order valence-electron chi connectivity index (χ0n) is 11.3. The van der Waals surface area contributed by atoms with Gasteiger partial charge in [0.05, 0.1) is 6.21 Å². The van der Waals surface area contributed by atoms with E-state index in [1.165, 1.54) is 12.3 Å². The number of hydrogen-bond acceptors (Lipinski definition) is 6. The second-order valence-corrected chi connectivity index (χ2v) is 3.54. The number of hydrazone groups is 1.